The van der Waals surface area contributed by atoms with E-state index in [0.717, 1.165) is 32.0 Å². The number of hydrogen-bond acceptors (Lipinski definition) is 2. The Morgan fingerprint density at radius 1 is 1.20 bits per heavy atom. The summed E-state index contributed by atoms with van der Waals surface area (Å²) in [7, 11) is 0. The highest BCUT2D eigenvalue weighted by Gasteiger charge is 2.36. The number of rotatable bonds is 2. The monoisotopic (exact) mass is 280 g/mol. The van der Waals surface area contributed by atoms with Gasteiger partial charge in [-0.3, -0.25) is 9.69 Å². The van der Waals surface area contributed by atoms with E-state index in [1.807, 2.05) is 0 Å². The molecule has 20 heavy (non-hydrogen) atoms. The Bertz CT molecular complexity index is 521. The molecule has 108 valence electrons. The van der Waals surface area contributed by atoms with Crippen molar-refractivity contribution in [2.75, 3.05) is 13.1 Å². The Morgan fingerprint density at radius 3 is 2.90 bits per heavy atom. The zero-order valence-electron chi connectivity index (χ0n) is 11.2. The van der Waals surface area contributed by atoms with Gasteiger partial charge in [0.1, 0.15) is 0 Å². The Hall–Kier alpha value is -1.49. The van der Waals surface area contributed by atoms with Gasteiger partial charge in [-0.1, -0.05) is 12.5 Å². The van der Waals surface area contributed by atoms with Gasteiger partial charge < -0.3 is 5.32 Å². The molecule has 0 bridgehead atoms. The third-order valence-electron chi connectivity index (χ3n) is 4.37. The number of carbonyl (C=O) groups excluding carboxylic acids is 1. The van der Waals surface area contributed by atoms with Crippen molar-refractivity contribution in [1.29, 1.82) is 0 Å². The molecular weight excluding hydrogens is 262 g/mol. The highest BCUT2D eigenvalue weighted by Crippen LogP contribution is 2.27. The summed E-state index contributed by atoms with van der Waals surface area (Å²) < 4.78 is 26.8. The van der Waals surface area contributed by atoms with E-state index in [9.17, 15) is 13.6 Å². The maximum Gasteiger partial charge on any atom is 0.254 e. The summed E-state index contributed by atoms with van der Waals surface area (Å²) >= 11 is 0. The molecular formula is C15H18F2N2O. The van der Waals surface area contributed by atoms with Gasteiger partial charge in [-0.05, 0) is 37.9 Å². The lowest BCUT2D eigenvalue weighted by Crippen LogP contribution is -2.46. The molecule has 2 saturated heterocycles. The predicted molar refractivity (Wildman–Crippen MR) is 71.4 cm³/mol. The number of piperidine rings is 1. The van der Waals surface area contributed by atoms with Gasteiger partial charge >= 0.3 is 0 Å². The van der Waals surface area contributed by atoms with Crippen molar-refractivity contribution in [3.05, 3.63) is 35.4 Å². The van der Waals surface area contributed by atoms with E-state index in [1.165, 1.54) is 25.0 Å². The summed E-state index contributed by atoms with van der Waals surface area (Å²) in [5, 5.41) is 2.88. The molecule has 2 fully saturated rings. The van der Waals surface area contributed by atoms with Crippen molar-refractivity contribution >= 4 is 5.91 Å². The number of benzene rings is 1. The van der Waals surface area contributed by atoms with Crippen LogP contribution in [0.15, 0.2) is 18.2 Å². The van der Waals surface area contributed by atoms with Crippen molar-refractivity contribution in [2.24, 2.45) is 0 Å². The normalized spacial score (nSPS) is 26.3. The Balaban J connectivity index is 1.71. The molecule has 2 heterocycles. The van der Waals surface area contributed by atoms with Crippen molar-refractivity contribution in [1.82, 2.24) is 10.2 Å². The Morgan fingerprint density at radius 2 is 2.05 bits per heavy atom. The maximum atomic E-state index is 13.6. The summed E-state index contributed by atoms with van der Waals surface area (Å²) in [4.78, 5) is 14.5. The topological polar surface area (TPSA) is 32.3 Å². The van der Waals surface area contributed by atoms with Crippen LogP contribution < -0.4 is 5.32 Å². The van der Waals surface area contributed by atoms with Gasteiger partial charge in [0, 0.05) is 18.6 Å². The first-order chi connectivity index (χ1) is 9.66. The molecule has 2 aliphatic heterocycles. The minimum absolute atomic E-state index is 0.0467. The van der Waals surface area contributed by atoms with Crippen LogP contribution in [0.4, 0.5) is 8.78 Å². The molecule has 0 aliphatic carbocycles. The molecule has 1 amide bonds. The van der Waals surface area contributed by atoms with E-state index >= 15 is 0 Å². The van der Waals surface area contributed by atoms with Crippen LogP contribution in [-0.2, 0) is 0 Å². The zero-order valence-corrected chi connectivity index (χ0v) is 11.2. The van der Waals surface area contributed by atoms with Crippen LogP contribution in [-0.4, -0.2) is 36.0 Å². The van der Waals surface area contributed by atoms with Gasteiger partial charge in [-0.2, -0.15) is 0 Å². The summed E-state index contributed by atoms with van der Waals surface area (Å²) in [6.07, 6.45) is 4.32. The number of carbonyl (C=O) groups is 1. The second-order valence-corrected chi connectivity index (χ2v) is 5.57. The average molecular weight is 280 g/mol. The lowest BCUT2D eigenvalue weighted by molar-refractivity contribution is 0.0910. The van der Waals surface area contributed by atoms with Gasteiger partial charge in [0.2, 0.25) is 0 Å². The van der Waals surface area contributed by atoms with Crippen molar-refractivity contribution in [3.8, 4) is 0 Å². The second kappa shape index (κ2) is 5.48. The van der Waals surface area contributed by atoms with E-state index in [1.54, 1.807) is 0 Å². The van der Waals surface area contributed by atoms with E-state index < -0.39 is 17.5 Å². The molecule has 2 aliphatic rings. The van der Waals surface area contributed by atoms with Crippen LogP contribution >= 0.6 is 0 Å². The molecule has 5 heteroatoms. The number of amides is 1. The van der Waals surface area contributed by atoms with Gasteiger partial charge in [0.05, 0.1) is 5.56 Å². The fourth-order valence-corrected chi connectivity index (χ4v) is 3.34. The zero-order chi connectivity index (χ0) is 14.1. The van der Waals surface area contributed by atoms with Crippen LogP contribution in [0, 0.1) is 11.6 Å². The van der Waals surface area contributed by atoms with Crippen molar-refractivity contribution in [2.45, 2.75) is 37.8 Å². The molecule has 0 aromatic heterocycles. The average Bonchev–Trinajstić information content (AvgIpc) is 2.85. The fraction of sp³-hybridized carbons (Fsp3) is 0.533. The molecule has 2 unspecified atom stereocenters. The maximum absolute atomic E-state index is 13.6. The van der Waals surface area contributed by atoms with Crippen molar-refractivity contribution in [3.63, 3.8) is 0 Å². The first kappa shape index (κ1) is 13.5. The third kappa shape index (κ3) is 2.42. The molecule has 1 aromatic rings. The van der Waals surface area contributed by atoms with Crippen LogP contribution in [0.25, 0.3) is 0 Å². The molecule has 3 nitrogen and oxygen atoms in total. The van der Waals surface area contributed by atoms with Crippen LogP contribution in [0.1, 0.15) is 36.0 Å². The molecule has 2 atom stereocenters. The Labute approximate surface area is 117 Å². The van der Waals surface area contributed by atoms with E-state index in [4.69, 9.17) is 0 Å². The standard InChI is InChI=1S/C15H18F2N2O/c16-11-5-3-4-10(14(11)17)15(20)18-12-7-9-19-8-2-1-6-13(12)19/h3-5,12-13H,1-2,6-9H2,(H,18,20). The number of nitrogens with zero attached hydrogens (tertiary/aromatic N) is 1. The van der Waals surface area contributed by atoms with Crippen LogP contribution in [0.3, 0.4) is 0 Å². The summed E-state index contributed by atoms with van der Waals surface area (Å²) in [5.41, 5.74) is -0.209. The lowest BCUT2D eigenvalue weighted by Gasteiger charge is -2.32. The quantitative estimate of drug-likeness (QED) is 0.901. The molecule has 0 radical (unpaired) electrons. The lowest BCUT2D eigenvalue weighted by atomic mass is 9.99. The van der Waals surface area contributed by atoms with Gasteiger partial charge in [-0.25, -0.2) is 8.78 Å². The van der Waals surface area contributed by atoms with Crippen LogP contribution in [0.5, 0.6) is 0 Å². The predicted octanol–water partition coefficient (Wildman–Crippen LogP) is 2.32. The number of hydrogen-bond donors (Lipinski definition) is 1. The van der Waals surface area contributed by atoms with E-state index in [-0.39, 0.29) is 11.6 Å². The summed E-state index contributed by atoms with van der Waals surface area (Å²) in [6, 6.07) is 4.09. The minimum atomic E-state index is -1.07. The number of halogens is 2. The highest BCUT2D eigenvalue weighted by molar-refractivity contribution is 5.94. The largest absolute Gasteiger partial charge is 0.348 e. The third-order valence-corrected chi connectivity index (χ3v) is 4.37. The first-order valence-corrected chi connectivity index (χ1v) is 7.16. The first-order valence-electron chi connectivity index (χ1n) is 7.16. The molecule has 1 N–H and O–H groups in total. The minimum Gasteiger partial charge on any atom is -0.348 e. The van der Waals surface area contributed by atoms with Gasteiger partial charge in [0.25, 0.3) is 5.91 Å². The van der Waals surface area contributed by atoms with Crippen molar-refractivity contribution < 1.29 is 13.6 Å². The molecule has 0 saturated carbocycles. The van der Waals surface area contributed by atoms with Gasteiger partial charge in [-0.15, -0.1) is 0 Å². The van der Waals surface area contributed by atoms with Gasteiger partial charge in [0.15, 0.2) is 11.6 Å². The summed E-state index contributed by atoms with van der Waals surface area (Å²) in [5.74, 6) is -2.56. The number of fused-ring (bicyclic) bond motifs is 1. The van der Waals surface area contributed by atoms with E-state index in [2.05, 4.69) is 10.2 Å². The smallest absolute Gasteiger partial charge is 0.254 e. The van der Waals surface area contributed by atoms with E-state index in [0.29, 0.717) is 6.04 Å². The molecule has 0 spiro atoms. The SMILES string of the molecule is O=C(NC1CCN2CCCCC12)c1cccc(F)c1F. The Kier molecular flexibility index (Phi) is 3.70. The molecule has 1 aromatic carbocycles. The summed E-state index contributed by atoms with van der Waals surface area (Å²) in [6.45, 7) is 2.05. The highest BCUT2D eigenvalue weighted by atomic mass is 19.2. The van der Waals surface area contributed by atoms with Crippen LogP contribution in [0.2, 0.25) is 0 Å². The second-order valence-electron chi connectivity index (χ2n) is 5.57. The fourth-order valence-electron chi connectivity index (χ4n) is 3.34. The molecule has 3 rings (SSSR count). The number of nitrogens with one attached hydrogen (secondary N) is 1.